The second-order valence-corrected chi connectivity index (χ2v) is 6.81. The summed E-state index contributed by atoms with van der Waals surface area (Å²) in [4.78, 5) is 21.0. The van der Waals surface area contributed by atoms with Gasteiger partial charge in [0.1, 0.15) is 5.82 Å². The molecular weight excluding hydrogens is 336 g/mol. The van der Waals surface area contributed by atoms with Crippen LogP contribution in [0.1, 0.15) is 49.5 Å². The van der Waals surface area contributed by atoms with E-state index < -0.39 is 0 Å². The van der Waals surface area contributed by atoms with Gasteiger partial charge in [-0.1, -0.05) is 13.3 Å². The van der Waals surface area contributed by atoms with E-state index in [0.29, 0.717) is 11.4 Å². The molecule has 1 amide bonds. The highest BCUT2D eigenvalue weighted by atomic mass is 16.2. The number of carbonyl (C=O) groups excluding carboxylic acids is 1. The first-order valence-electron chi connectivity index (χ1n) is 9.84. The summed E-state index contributed by atoms with van der Waals surface area (Å²) in [7, 11) is 1.85. The molecule has 0 bridgehead atoms. The predicted molar refractivity (Wildman–Crippen MR) is 114 cm³/mol. The molecule has 27 heavy (non-hydrogen) atoms. The first kappa shape index (κ1) is 20.7. The van der Waals surface area contributed by atoms with Crippen LogP contribution in [0.15, 0.2) is 36.5 Å². The molecule has 0 spiro atoms. The molecule has 2 rings (SSSR count). The Bertz CT molecular complexity index is 756. The fourth-order valence-corrected chi connectivity index (χ4v) is 3.06. The van der Waals surface area contributed by atoms with Crippen molar-refractivity contribution < 1.29 is 4.79 Å². The van der Waals surface area contributed by atoms with Crippen molar-refractivity contribution in [2.24, 2.45) is 0 Å². The number of nitrogens with one attached hydrogen (secondary N) is 1. The van der Waals surface area contributed by atoms with E-state index in [2.05, 4.69) is 61.1 Å². The molecule has 0 aliphatic rings. The maximum Gasteiger partial charge on any atom is 0.253 e. The van der Waals surface area contributed by atoms with Crippen LogP contribution in [-0.2, 0) is 0 Å². The molecule has 1 aromatic heterocycles. The first-order chi connectivity index (χ1) is 13.0. The summed E-state index contributed by atoms with van der Waals surface area (Å²) < 4.78 is 0. The molecule has 0 saturated carbocycles. The highest BCUT2D eigenvalue weighted by Gasteiger charge is 2.12. The van der Waals surface area contributed by atoms with E-state index in [9.17, 15) is 4.79 Å². The Morgan fingerprint density at radius 3 is 2.48 bits per heavy atom. The minimum atomic E-state index is 0.0301. The number of anilines is 3. The molecule has 0 saturated heterocycles. The number of pyridine rings is 1. The first-order valence-corrected chi connectivity index (χ1v) is 9.84. The van der Waals surface area contributed by atoms with E-state index >= 15 is 0 Å². The Morgan fingerprint density at radius 2 is 1.85 bits per heavy atom. The maximum atomic E-state index is 12.6. The Labute approximate surface area is 163 Å². The third-order valence-corrected chi connectivity index (χ3v) is 4.80. The summed E-state index contributed by atoms with van der Waals surface area (Å²) in [6.07, 6.45) is 3.77. The summed E-state index contributed by atoms with van der Waals surface area (Å²) in [5.41, 5.74) is 4.03. The van der Waals surface area contributed by atoms with E-state index in [1.54, 1.807) is 17.2 Å². The molecule has 0 aliphatic heterocycles. The molecule has 5 nitrogen and oxygen atoms in total. The van der Waals surface area contributed by atoms with Crippen molar-refractivity contribution >= 4 is 23.1 Å². The zero-order valence-corrected chi connectivity index (χ0v) is 17.2. The van der Waals surface area contributed by atoms with Crippen molar-refractivity contribution in [2.75, 3.05) is 36.9 Å². The predicted octanol–water partition coefficient (Wildman–Crippen LogP) is 4.85. The molecule has 146 valence electrons. The van der Waals surface area contributed by atoms with Gasteiger partial charge in [0.15, 0.2) is 0 Å². The van der Waals surface area contributed by atoms with Crippen molar-refractivity contribution in [2.45, 2.75) is 40.5 Å². The highest BCUT2D eigenvalue weighted by Crippen LogP contribution is 2.25. The van der Waals surface area contributed by atoms with Gasteiger partial charge in [-0.15, -0.1) is 0 Å². The fraction of sp³-hybridized carbons (Fsp3) is 0.455. The topological polar surface area (TPSA) is 48.5 Å². The van der Waals surface area contributed by atoms with Gasteiger partial charge in [-0.25, -0.2) is 4.98 Å². The molecule has 1 N–H and O–H groups in total. The Hall–Kier alpha value is -2.56. The van der Waals surface area contributed by atoms with Crippen LogP contribution in [0.5, 0.6) is 0 Å². The number of hydrogen-bond acceptors (Lipinski definition) is 4. The number of carbonyl (C=O) groups is 1. The molecule has 1 aromatic carbocycles. The second-order valence-electron chi connectivity index (χ2n) is 6.81. The van der Waals surface area contributed by atoms with Crippen LogP contribution in [0.2, 0.25) is 0 Å². The largest absolute Gasteiger partial charge is 0.372 e. The lowest BCUT2D eigenvalue weighted by molar-refractivity contribution is 0.0793. The van der Waals surface area contributed by atoms with E-state index in [1.165, 1.54) is 5.69 Å². The van der Waals surface area contributed by atoms with Crippen LogP contribution in [0.4, 0.5) is 17.2 Å². The number of benzene rings is 1. The number of unbranched alkanes of at least 4 members (excludes halogenated alkanes) is 1. The van der Waals surface area contributed by atoms with Crippen molar-refractivity contribution in [3.05, 3.63) is 47.7 Å². The van der Waals surface area contributed by atoms with Crippen LogP contribution in [0.25, 0.3) is 0 Å². The van der Waals surface area contributed by atoms with Gasteiger partial charge in [-0.2, -0.15) is 0 Å². The molecule has 1 heterocycles. The molecule has 0 atom stereocenters. The average molecular weight is 369 g/mol. The quantitative estimate of drug-likeness (QED) is 0.687. The maximum absolute atomic E-state index is 12.6. The van der Waals surface area contributed by atoms with Crippen molar-refractivity contribution in [1.82, 2.24) is 9.88 Å². The minimum absolute atomic E-state index is 0.0301. The van der Waals surface area contributed by atoms with E-state index in [-0.39, 0.29) is 5.91 Å². The Kier molecular flexibility index (Phi) is 7.65. The lowest BCUT2D eigenvalue weighted by Gasteiger charge is -2.22. The minimum Gasteiger partial charge on any atom is -0.372 e. The molecular formula is C22H32N4O. The van der Waals surface area contributed by atoms with Crippen LogP contribution in [-0.4, -0.2) is 42.5 Å². The van der Waals surface area contributed by atoms with Gasteiger partial charge < -0.3 is 15.1 Å². The third kappa shape index (κ3) is 5.46. The summed E-state index contributed by atoms with van der Waals surface area (Å²) in [5, 5.41) is 3.35. The van der Waals surface area contributed by atoms with Crippen molar-refractivity contribution in [3.63, 3.8) is 0 Å². The molecule has 0 fully saturated rings. The Morgan fingerprint density at radius 1 is 1.11 bits per heavy atom. The van der Waals surface area contributed by atoms with Crippen LogP contribution >= 0.6 is 0 Å². The summed E-state index contributed by atoms with van der Waals surface area (Å²) in [6.45, 7) is 11.3. The number of aryl methyl sites for hydroxylation is 1. The van der Waals surface area contributed by atoms with Crippen LogP contribution in [0, 0.1) is 6.92 Å². The zero-order valence-electron chi connectivity index (χ0n) is 17.2. The molecule has 2 aromatic rings. The van der Waals surface area contributed by atoms with Gasteiger partial charge in [0, 0.05) is 49.8 Å². The standard InChI is InChI=1S/C22H32N4O/c1-6-9-14-25(5)22(27)18-12-13-23-21(16-18)24-20-11-10-19(15-17(20)4)26(7-2)8-3/h10-13,15-16H,6-9,14H2,1-5H3,(H,23,24). The second kappa shape index (κ2) is 9.95. The SMILES string of the molecule is CCCCN(C)C(=O)c1ccnc(Nc2ccc(N(CC)CC)cc2C)c1. The number of rotatable bonds is 9. The lowest BCUT2D eigenvalue weighted by Crippen LogP contribution is -2.27. The van der Waals surface area contributed by atoms with E-state index in [1.807, 2.05) is 13.1 Å². The van der Waals surface area contributed by atoms with E-state index in [4.69, 9.17) is 0 Å². The number of aromatic nitrogens is 1. The third-order valence-electron chi connectivity index (χ3n) is 4.80. The summed E-state index contributed by atoms with van der Waals surface area (Å²) >= 11 is 0. The summed E-state index contributed by atoms with van der Waals surface area (Å²) in [6, 6.07) is 9.97. The smallest absolute Gasteiger partial charge is 0.253 e. The Balaban J connectivity index is 2.15. The van der Waals surface area contributed by atoms with Gasteiger partial charge in [-0.05, 0) is 63.1 Å². The fourth-order valence-electron chi connectivity index (χ4n) is 3.06. The molecule has 5 heteroatoms. The lowest BCUT2D eigenvalue weighted by atomic mass is 10.1. The van der Waals surface area contributed by atoms with Crippen molar-refractivity contribution in [3.8, 4) is 0 Å². The summed E-state index contributed by atoms with van der Waals surface area (Å²) in [5.74, 6) is 0.714. The van der Waals surface area contributed by atoms with Crippen molar-refractivity contribution in [1.29, 1.82) is 0 Å². The number of nitrogens with zero attached hydrogens (tertiary/aromatic N) is 3. The van der Waals surface area contributed by atoms with Gasteiger partial charge in [0.05, 0.1) is 0 Å². The van der Waals surface area contributed by atoms with Crippen LogP contribution < -0.4 is 10.2 Å². The van der Waals surface area contributed by atoms with Gasteiger partial charge in [-0.3, -0.25) is 4.79 Å². The zero-order chi connectivity index (χ0) is 19.8. The number of amides is 1. The van der Waals surface area contributed by atoms with Gasteiger partial charge in [0.2, 0.25) is 0 Å². The molecule has 0 unspecified atom stereocenters. The molecule has 0 radical (unpaired) electrons. The van der Waals surface area contributed by atoms with E-state index in [0.717, 1.165) is 43.7 Å². The van der Waals surface area contributed by atoms with Crippen LogP contribution in [0.3, 0.4) is 0 Å². The normalized spacial score (nSPS) is 10.6. The van der Waals surface area contributed by atoms with Gasteiger partial charge in [0.25, 0.3) is 5.91 Å². The highest BCUT2D eigenvalue weighted by molar-refractivity contribution is 5.94. The number of hydrogen-bond donors (Lipinski definition) is 1. The van der Waals surface area contributed by atoms with Gasteiger partial charge >= 0.3 is 0 Å². The molecule has 0 aliphatic carbocycles. The monoisotopic (exact) mass is 368 g/mol. The average Bonchev–Trinajstić information content (AvgIpc) is 2.68.